The summed E-state index contributed by atoms with van der Waals surface area (Å²) in [5, 5.41) is 0. The molecule has 0 radical (unpaired) electrons. The summed E-state index contributed by atoms with van der Waals surface area (Å²) in [5.74, 6) is 2.56. The first-order chi connectivity index (χ1) is 11.7. The third kappa shape index (κ3) is 2.08. The van der Waals surface area contributed by atoms with Gasteiger partial charge in [-0.05, 0) is 43.1 Å². The average Bonchev–Trinajstić information content (AvgIpc) is 3.03. The Morgan fingerprint density at radius 2 is 1.92 bits per heavy atom. The SMILES string of the molecule is CN1CC2CC(C1)c1c(-c3ccc4c(c3)OCO4)ccc(=O)n1C2. The molecule has 1 aromatic carbocycles. The number of ether oxygens (including phenoxy) is 2. The highest BCUT2D eigenvalue weighted by atomic mass is 16.7. The summed E-state index contributed by atoms with van der Waals surface area (Å²) in [4.78, 5) is 14.8. The Balaban J connectivity index is 1.68. The van der Waals surface area contributed by atoms with Crippen LogP contribution in [-0.4, -0.2) is 36.4 Å². The monoisotopic (exact) mass is 324 g/mol. The van der Waals surface area contributed by atoms with Crippen LogP contribution in [0.3, 0.4) is 0 Å². The molecule has 2 unspecified atom stereocenters. The van der Waals surface area contributed by atoms with Crippen molar-refractivity contribution in [2.24, 2.45) is 5.92 Å². The molecule has 1 aromatic heterocycles. The van der Waals surface area contributed by atoms with Crippen molar-refractivity contribution in [1.29, 1.82) is 0 Å². The average molecular weight is 324 g/mol. The molecule has 3 aliphatic heterocycles. The smallest absolute Gasteiger partial charge is 0.250 e. The number of pyridine rings is 1. The summed E-state index contributed by atoms with van der Waals surface area (Å²) in [7, 11) is 2.18. The normalized spacial score (nSPS) is 24.7. The largest absolute Gasteiger partial charge is 0.454 e. The number of hydrogen-bond acceptors (Lipinski definition) is 4. The molecule has 0 saturated carbocycles. The van der Waals surface area contributed by atoms with E-state index in [1.807, 2.05) is 22.8 Å². The zero-order valence-electron chi connectivity index (χ0n) is 13.7. The third-order valence-corrected chi connectivity index (χ3v) is 5.46. The fourth-order valence-corrected chi connectivity index (χ4v) is 4.56. The van der Waals surface area contributed by atoms with Crippen molar-refractivity contribution in [3.8, 4) is 22.6 Å². The van der Waals surface area contributed by atoms with E-state index in [0.29, 0.717) is 11.8 Å². The summed E-state index contributed by atoms with van der Waals surface area (Å²) in [6, 6.07) is 9.72. The summed E-state index contributed by atoms with van der Waals surface area (Å²) in [6.07, 6.45) is 1.17. The lowest BCUT2D eigenvalue weighted by Crippen LogP contribution is -2.45. The van der Waals surface area contributed by atoms with Gasteiger partial charge in [-0.25, -0.2) is 0 Å². The van der Waals surface area contributed by atoms with E-state index in [-0.39, 0.29) is 12.4 Å². The van der Waals surface area contributed by atoms with Crippen molar-refractivity contribution in [2.75, 3.05) is 26.9 Å². The standard InChI is InChI=1S/C19H20N2O3/c1-20-8-12-6-14(10-20)19-15(3-5-18(22)21(19)9-12)13-2-4-16-17(7-13)24-11-23-16/h2-5,7,12,14H,6,8-11H2,1H3. The van der Waals surface area contributed by atoms with E-state index in [0.717, 1.165) is 42.3 Å². The van der Waals surface area contributed by atoms with Crippen molar-refractivity contribution >= 4 is 0 Å². The zero-order chi connectivity index (χ0) is 16.3. The minimum absolute atomic E-state index is 0.119. The molecule has 0 N–H and O–H groups in total. The molecule has 0 aliphatic carbocycles. The molecule has 3 aliphatic rings. The van der Waals surface area contributed by atoms with Crippen LogP contribution in [0.4, 0.5) is 0 Å². The number of hydrogen-bond donors (Lipinski definition) is 0. The molecule has 2 bridgehead atoms. The first-order valence-corrected chi connectivity index (χ1v) is 8.51. The van der Waals surface area contributed by atoms with Gasteiger partial charge in [-0.15, -0.1) is 0 Å². The minimum atomic E-state index is 0.119. The first kappa shape index (κ1) is 14.1. The highest BCUT2D eigenvalue weighted by Gasteiger charge is 2.35. The number of aromatic nitrogens is 1. The third-order valence-electron chi connectivity index (χ3n) is 5.46. The van der Waals surface area contributed by atoms with Gasteiger partial charge in [0.2, 0.25) is 6.79 Å². The number of likely N-dealkylation sites (N-methyl/N-ethyl adjacent to an activating group) is 1. The van der Waals surface area contributed by atoms with Crippen LogP contribution in [-0.2, 0) is 6.54 Å². The van der Waals surface area contributed by atoms with Crippen LogP contribution in [0, 0.1) is 5.92 Å². The van der Waals surface area contributed by atoms with E-state index in [2.05, 4.69) is 18.0 Å². The van der Waals surface area contributed by atoms with E-state index in [1.165, 1.54) is 12.1 Å². The van der Waals surface area contributed by atoms with E-state index in [9.17, 15) is 4.79 Å². The van der Waals surface area contributed by atoms with Gasteiger partial charge < -0.3 is 18.9 Å². The van der Waals surface area contributed by atoms with Crippen LogP contribution in [0.25, 0.3) is 11.1 Å². The maximum Gasteiger partial charge on any atom is 0.250 e. The maximum atomic E-state index is 12.5. The quantitative estimate of drug-likeness (QED) is 0.807. The van der Waals surface area contributed by atoms with Crippen LogP contribution in [0.5, 0.6) is 11.5 Å². The maximum absolute atomic E-state index is 12.5. The lowest BCUT2D eigenvalue weighted by molar-refractivity contribution is 0.145. The summed E-state index contributed by atoms with van der Waals surface area (Å²) in [5.41, 5.74) is 3.54. The Hall–Kier alpha value is -2.27. The lowest BCUT2D eigenvalue weighted by atomic mass is 9.81. The number of likely N-dealkylation sites (tertiary alicyclic amines) is 1. The van der Waals surface area contributed by atoms with Gasteiger partial charge in [0.05, 0.1) is 0 Å². The topological polar surface area (TPSA) is 43.7 Å². The van der Waals surface area contributed by atoms with Gasteiger partial charge in [0, 0.05) is 42.9 Å². The van der Waals surface area contributed by atoms with Crippen molar-refractivity contribution in [3.05, 3.63) is 46.4 Å². The molecule has 0 spiro atoms. The zero-order valence-corrected chi connectivity index (χ0v) is 13.7. The molecule has 0 amide bonds. The Bertz CT molecular complexity index is 873. The minimum Gasteiger partial charge on any atom is -0.454 e. The molecule has 5 heteroatoms. The first-order valence-electron chi connectivity index (χ1n) is 8.51. The highest BCUT2D eigenvalue weighted by molar-refractivity contribution is 5.70. The molecule has 2 atom stereocenters. The van der Waals surface area contributed by atoms with Crippen LogP contribution in [0.1, 0.15) is 18.0 Å². The van der Waals surface area contributed by atoms with E-state index >= 15 is 0 Å². The van der Waals surface area contributed by atoms with Crippen LogP contribution in [0.15, 0.2) is 35.1 Å². The Kier molecular flexibility index (Phi) is 3.00. The number of rotatable bonds is 1. The fraction of sp³-hybridized carbons (Fsp3) is 0.421. The predicted octanol–water partition coefficient (Wildman–Crippen LogP) is 2.29. The Morgan fingerprint density at radius 1 is 1.04 bits per heavy atom. The second kappa shape index (κ2) is 5.11. The molecule has 1 fully saturated rings. The van der Waals surface area contributed by atoms with Crippen molar-refractivity contribution in [3.63, 3.8) is 0 Å². The van der Waals surface area contributed by atoms with Crippen LogP contribution >= 0.6 is 0 Å². The molecule has 5 nitrogen and oxygen atoms in total. The number of piperidine rings is 1. The molecule has 1 saturated heterocycles. The molecule has 5 rings (SSSR count). The van der Waals surface area contributed by atoms with Crippen molar-refractivity contribution < 1.29 is 9.47 Å². The van der Waals surface area contributed by atoms with Crippen molar-refractivity contribution in [1.82, 2.24) is 9.47 Å². The van der Waals surface area contributed by atoms with Gasteiger partial charge in [-0.1, -0.05) is 6.07 Å². The number of benzene rings is 1. The van der Waals surface area contributed by atoms with E-state index in [4.69, 9.17) is 9.47 Å². The molecule has 124 valence electrons. The second-order valence-corrected chi connectivity index (χ2v) is 7.17. The molecular weight excluding hydrogens is 304 g/mol. The van der Waals surface area contributed by atoms with Gasteiger partial charge in [-0.2, -0.15) is 0 Å². The second-order valence-electron chi connectivity index (χ2n) is 7.17. The van der Waals surface area contributed by atoms with Gasteiger partial charge >= 0.3 is 0 Å². The summed E-state index contributed by atoms with van der Waals surface area (Å²) < 4.78 is 13.0. The fourth-order valence-electron chi connectivity index (χ4n) is 4.56. The summed E-state index contributed by atoms with van der Waals surface area (Å²) in [6.45, 7) is 3.20. The van der Waals surface area contributed by atoms with Gasteiger partial charge in [0.25, 0.3) is 5.56 Å². The van der Waals surface area contributed by atoms with Gasteiger partial charge in [-0.3, -0.25) is 4.79 Å². The number of fused-ring (bicyclic) bond motifs is 5. The van der Waals surface area contributed by atoms with Crippen LogP contribution in [0.2, 0.25) is 0 Å². The van der Waals surface area contributed by atoms with E-state index in [1.54, 1.807) is 6.07 Å². The van der Waals surface area contributed by atoms with Crippen molar-refractivity contribution in [2.45, 2.75) is 18.9 Å². The molecule has 24 heavy (non-hydrogen) atoms. The van der Waals surface area contributed by atoms with Gasteiger partial charge in [0.15, 0.2) is 11.5 Å². The Labute approximate surface area is 140 Å². The molecule has 2 aromatic rings. The molecule has 4 heterocycles. The number of nitrogens with zero attached hydrogens (tertiary/aromatic N) is 2. The van der Waals surface area contributed by atoms with Crippen LogP contribution < -0.4 is 15.0 Å². The summed E-state index contributed by atoms with van der Waals surface area (Å²) >= 11 is 0. The predicted molar refractivity (Wildman–Crippen MR) is 90.6 cm³/mol. The highest BCUT2D eigenvalue weighted by Crippen LogP contribution is 2.42. The lowest BCUT2D eigenvalue weighted by Gasteiger charge is -2.42. The molecular formula is C19H20N2O3. The van der Waals surface area contributed by atoms with E-state index < -0.39 is 0 Å². The Morgan fingerprint density at radius 3 is 2.83 bits per heavy atom. The van der Waals surface area contributed by atoms with Gasteiger partial charge in [0.1, 0.15) is 0 Å².